The van der Waals surface area contributed by atoms with Crippen molar-refractivity contribution in [3.63, 3.8) is 0 Å². The van der Waals surface area contributed by atoms with Crippen molar-refractivity contribution in [1.29, 1.82) is 0 Å². The Balaban J connectivity index is 1.53. The van der Waals surface area contributed by atoms with Crippen molar-refractivity contribution in [3.05, 3.63) is 99.3 Å². The van der Waals surface area contributed by atoms with Gasteiger partial charge in [0.15, 0.2) is 11.5 Å². The van der Waals surface area contributed by atoms with Crippen LogP contribution in [0.2, 0.25) is 0 Å². The maximum absolute atomic E-state index is 13.9. The van der Waals surface area contributed by atoms with Crippen LogP contribution in [0.1, 0.15) is 34.0 Å². The molecular weight excluding hydrogens is 508 g/mol. The molecule has 1 N–H and O–H groups in total. The molecule has 0 radical (unpaired) electrons. The summed E-state index contributed by atoms with van der Waals surface area (Å²) in [4.78, 5) is 27.9. The van der Waals surface area contributed by atoms with Crippen LogP contribution in [0.25, 0.3) is 10.9 Å². The second-order valence-electron chi connectivity index (χ2n) is 8.87. The molecule has 1 aliphatic rings. The van der Waals surface area contributed by atoms with Crippen molar-refractivity contribution in [3.8, 4) is 11.5 Å². The molecule has 0 atom stereocenters. The van der Waals surface area contributed by atoms with Gasteiger partial charge in [0, 0.05) is 18.7 Å². The predicted octanol–water partition coefficient (Wildman–Crippen LogP) is 4.13. The van der Waals surface area contributed by atoms with Crippen molar-refractivity contribution in [2.75, 3.05) is 13.4 Å². The fraction of sp³-hybridized carbons (Fsp3) is 0.214. The standard InChI is InChI=1S/C28H26N2O7S/c1-3-35-28(32)20-8-10-23(11-9-20)38(33,34)30(15-19-7-12-24-25(13-19)37-17-36-24)16-22-14-21-6-4-5-18(2)26(21)29-27(22)31/h4-14H,3,15-17H2,1-2H3,(H,29,31). The number of rotatable bonds is 8. The number of nitrogens with zero attached hydrogens (tertiary/aromatic N) is 1. The minimum Gasteiger partial charge on any atom is -0.462 e. The van der Waals surface area contributed by atoms with Crippen LogP contribution in [0.5, 0.6) is 11.5 Å². The van der Waals surface area contributed by atoms with Gasteiger partial charge in [-0.05, 0) is 72.8 Å². The summed E-state index contributed by atoms with van der Waals surface area (Å²) >= 11 is 0. The monoisotopic (exact) mass is 534 g/mol. The van der Waals surface area contributed by atoms with E-state index in [1.807, 2.05) is 25.1 Å². The summed E-state index contributed by atoms with van der Waals surface area (Å²) in [5.74, 6) is 0.573. The van der Waals surface area contributed by atoms with E-state index in [4.69, 9.17) is 14.2 Å². The Kier molecular flexibility index (Phi) is 6.92. The number of ether oxygens (including phenoxy) is 3. The van der Waals surface area contributed by atoms with Gasteiger partial charge in [0.25, 0.3) is 5.56 Å². The topological polar surface area (TPSA) is 115 Å². The Bertz CT molecular complexity index is 1680. The highest BCUT2D eigenvalue weighted by molar-refractivity contribution is 7.89. The fourth-order valence-electron chi connectivity index (χ4n) is 4.33. The van der Waals surface area contributed by atoms with E-state index in [-0.39, 0.29) is 42.5 Å². The molecule has 1 aromatic heterocycles. The zero-order valence-corrected chi connectivity index (χ0v) is 21.7. The number of benzene rings is 3. The first-order chi connectivity index (χ1) is 18.3. The maximum Gasteiger partial charge on any atom is 0.338 e. The molecule has 0 unspecified atom stereocenters. The van der Waals surface area contributed by atoms with Crippen LogP contribution >= 0.6 is 0 Å². The fourth-order valence-corrected chi connectivity index (χ4v) is 5.74. The largest absolute Gasteiger partial charge is 0.462 e. The number of aryl methyl sites for hydroxylation is 1. The summed E-state index contributed by atoms with van der Waals surface area (Å²) in [5.41, 5.74) is 2.47. The van der Waals surface area contributed by atoms with E-state index in [9.17, 15) is 18.0 Å². The first-order valence-corrected chi connectivity index (χ1v) is 13.5. The van der Waals surface area contributed by atoms with Crippen LogP contribution in [-0.4, -0.2) is 37.1 Å². The molecule has 10 heteroatoms. The minimum atomic E-state index is -4.09. The van der Waals surface area contributed by atoms with Gasteiger partial charge in [0.1, 0.15) is 0 Å². The molecule has 2 heterocycles. The summed E-state index contributed by atoms with van der Waals surface area (Å²) in [6.07, 6.45) is 0. The van der Waals surface area contributed by atoms with Gasteiger partial charge in [0.2, 0.25) is 16.8 Å². The van der Waals surface area contributed by atoms with E-state index < -0.39 is 16.0 Å². The number of carbonyl (C=O) groups excluding carboxylic acids is 1. The van der Waals surface area contributed by atoms with Gasteiger partial charge in [-0.25, -0.2) is 13.2 Å². The highest BCUT2D eigenvalue weighted by Gasteiger charge is 2.27. The SMILES string of the molecule is CCOC(=O)c1ccc(S(=O)(=O)N(Cc2ccc3c(c2)OCO3)Cc2cc3cccc(C)c3[nH]c2=O)cc1. The number of H-pyrrole nitrogens is 1. The zero-order chi connectivity index (χ0) is 26.9. The van der Waals surface area contributed by atoms with Crippen LogP contribution in [0.3, 0.4) is 0 Å². The molecule has 0 amide bonds. The van der Waals surface area contributed by atoms with Crippen molar-refractivity contribution < 1.29 is 27.4 Å². The summed E-state index contributed by atoms with van der Waals surface area (Å²) in [6.45, 7) is 3.70. The molecule has 3 aromatic carbocycles. The molecular formula is C28H26N2O7S. The molecule has 9 nitrogen and oxygen atoms in total. The Hall–Kier alpha value is -4.15. The first kappa shape index (κ1) is 25.5. The summed E-state index contributed by atoms with van der Waals surface area (Å²) < 4.78 is 44.8. The molecule has 0 saturated carbocycles. The highest BCUT2D eigenvalue weighted by Crippen LogP contribution is 2.33. The molecule has 0 spiro atoms. The van der Waals surface area contributed by atoms with E-state index >= 15 is 0 Å². The Labute approximate surface area is 219 Å². The second-order valence-corrected chi connectivity index (χ2v) is 10.8. The number of aromatic nitrogens is 1. The van der Waals surface area contributed by atoms with Gasteiger partial charge in [-0.2, -0.15) is 4.31 Å². The number of sulfonamides is 1. The third-order valence-corrected chi connectivity index (χ3v) is 8.12. The second kappa shape index (κ2) is 10.3. The summed E-state index contributed by atoms with van der Waals surface area (Å²) in [6, 6.07) is 18.1. The lowest BCUT2D eigenvalue weighted by Gasteiger charge is -2.23. The van der Waals surface area contributed by atoms with Crippen molar-refractivity contribution in [2.45, 2.75) is 31.8 Å². The number of hydrogen-bond acceptors (Lipinski definition) is 7. The number of fused-ring (bicyclic) bond motifs is 2. The molecule has 196 valence electrons. The Morgan fingerprint density at radius 1 is 1.00 bits per heavy atom. The third kappa shape index (κ3) is 5.00. The quantitative estimate of drug-likeness (QED) is 0.338. The van der Waals surface area contributed by atoms with E-state index in [1.54, 1.807) is 31.2 Å². The zero-order valence-electron chi connectivity index (χ0n) is 20.9. The number of hydrogen-bond donors (Lipinski definition) is 1. The molecule has 0 bridgehead atoms. The van der Waals surface area contributed by atoms with E-state index in [1.165, 1.54) is 28.6 Å². The van der Waals surface area contributed by atoms with Crippen LogP contribution in [0.4, 0.5) is 0 Å². The molecule has 0 aliphatic carbocycles. The maximum atomic E-state index is 13.9. The lowest BCUT2D eigenvalue weighted by molar-refractivity contribution is 0.0526. The number of esters is 1. The number of pyridine rings is 1. The number of aromatic amines is 1. The van der Waals surface area contributed by atoms with E-state index in [2.05, 4.69) is 4.98 Å². The van der Waals surface area contributed by atoms with Crippen LogP contribution in [-0.2, 0) is 27.8 Å². The smallest absolute Gasteiger partial charge is 0.338 e. The van der Waals surface area contributed by atoms with Gasteiger partial charge in [0.05, 0.1) is 22.6 Å². The molecule has 1 aliphatic heterocycles. The number of carbonyl (C=O) groups is 1. The first-order valence-electron chi connectivity index (χ1n) is 12.0. The average molecular weight is 535 g/mol. The van der Waals surface area contributed by atoms with Gasteiger partial charge < -0.3 is 19.2 Å². The van der Waals surface area contributed by atoms with Crippen LogP contribution in [0, 0.1) is 6.92 Å². The van der Waals surface area contributed by atoms with E-state index in [0.717, 1.165) is 10.9 Å². The van der Waals surface area contributed by atoms with Crippen molar-refractivity contribution >= 4 is 26.9 Å². The van der Waals surface area contributed by atoms with Gasteiger partial charge in [-0.1, -0.05) is 24.3 Å². The Morgan fingerprint density at radius 2 is 1.76 bits per heavy atom. The summed E-state index contributed by atoms with van der Waals surface area (Å²) in [5, 5.41) is 0.804. The number of nitrogens with one attached hydrogen (secondary N) is 1. The van der Waals surface area contributed by atoms with E-state index in [0.29, 0.717) is 28.1 Å². The predicted molar refractivity (Wildman–Crippen MR) is 141 cm³/mol. The number of para-hydroxylation sites is 1. The molecule has 4 aromatic rings. The lowest BCUT2D eigenvalue weighted by Crippen LogP contribution is -2.32. The van der Waals surface area contributed by atoms with Crippen LogP contribution < -0.4 is 15.0 Å². The molecule has 0 fully saturated rings. The van der Waals surface area contributed by atoms with Crippen molar-refractivity contribution in [1.82, 2.24) is 9.29 Å². The van der Waals surface area contributed by atoms with Crippen molar-refractivity contribution in [2.24, 2.45) is 0 Å². The lowest BCUT2D eigenvalue weighted by atomic mass is 10.1. The highest BCUT2D eigenvalue weighted by atomic mass is 32.2. The molecule has 38 heavy (non-hydrogen) atoms. The average Bonchev–Trinajstić information content (AvgIpc) is 3.37. The third-order valence-electron chi connectivity index (χ3n) is 6.31. The molecule has 5 rings (SSSR count). The summed E-state index contributed by atoms with van der Waals surface area (Å²) in [7, 11) is -4.09. The minimum absolute atomic E-state index is 0.0145. The van der Waals surface area contributed by atoms with Crippen LogP contribution in [0.15, 0.2) is 76.4 Å². The molecule has 0 saturated heterocycles. The van der Waals surface area contributed by atoms with Gasteiger partial charge in [-0.15, -0.1) is 0 Å². The normalized spacial score (nSPS) is 12.7. The van der Waals surface area contributed by atoms with Gasteiger partial charge >= 0.3 is 5.97 Å². The van der Waals surface area contributed by atoms with Gasteiger partial charge in [-0.3, -0.25) is 4.79 Å². The Morgan fingerprint density at radius 3 is 2.53 bits per heavy atom.